The van der Waals surface area contributed by atoms with Crippen LogP contribution in [0, 0.1) is 11.3 Å². The molecule has 0 saturated heterocycles. The number of hydrogen-bond donors (Lipinski definition) is 1. The van der Waals surface area contributed by atoms with Crippen LogP contribution in [0.4, 0.5) is 0 Å². The average Bonchev–Trinajstić information content (AvgIpc) is 2.16. The normalized spacial score (nSPS) is 13.4. The molecule has 16 heavy (non-hydrogen) atoms. The van der Waals surface area contributed by atoms with Gasteiger partial charge in [0.25, 0.3) is 0 Å². The summed E-state index contributed by atoms with van der Waals surface area (Å²) in [7, 11) is -2.06. The van der Waals surface area contributed by atoms with E-state index in [1.165, 1.54) is 7.05 Å². The molecule has 0 aliphatic carbocycles. The SMILES string of the molecule is CC(CC#N)N(C)S(=O)(=O)CCCC(=O)O. The highest BCUT2D eigenvalue weighted by atomic mass is 32.2. The summed E-state index contributed by atoms with van der Waals surface area (Å²) in [4.78, 5) is 10.2. The Morgan fingerprint density at radius 1 is 1.56 bits per heavy atom. The molecule has 0 aromatic rings. The number of nitriles is 1. The number of sulfonamides is 1. The molecule has 0 rings (SSSR count). The second kappa shape index (κ2) is 6.45. The summed E-state index contributed by atoms with van der Waals surface area (Å²) in [5.74, 6) is -1.21. The molecule has 0 heterocycles. The fraction of sp³-hybridized carbons (Fsp3) is 0.778. The third kappa shape index (κ3) is 5.09. The van der Waals surface area contributed by atoms with E-state index < -0.39 is 16.0 Å². The van der Waals surface area contributed by atoms with E-state index in [1.807, 2.05) is 6.07 Å². The predicted octanol–water partition coefficient (Wildman–Crippen LogP) is 0.415. The number of carboxylic acids is 1. The minimum atomic E-state index is -3.46. The Balaban J connectivity index is 4.32. The van der Waals surface area contributed by atoms with E-state index >= 15 is 0 Å². The first-order chi connectivity index (χ1) is 7.31. The molecule has 0 aliphatic rings. The van der Waals surface area contributed by atoms with Crippen molar-refractivity contribution in [1.29, 1.82) is 5.26 Å². The molecule has 0 aliphatic heterocycles. The summed E-state index contributed by atoms with van der Waals surface area (Å²) in [6.07, 6.45) is 0.0373. The van der Waals surface area contributed by atoms with Crippen molar-refractivity contribution in [3.05, 3.63) is 0 Å². The smallest absolute Gasteiger partial charge is 0.303 e. The third-order valence-electron chi connectivity index (χ3n) is 2.24. The summed E-state index contributed by atoms with van der Waals surface area (Å²) < 4.78 is 24.4. The number of carbonyl (C=O) groups is 1. The molecule has 0 bridgehead atoms. The Kier molecular flexibility index (Phi) is 6.00. The molecule has 0 aromatic heterocycles. The van der Waals surface area contributed by atoms with Crippen LogP contribution in [0.5, 0.6) is 0 Å². The van der Waals surface area contributed by atoms with Gasteiger partial charge in [0.2, 0.25) is 10.0 Å². The molecule has 0 aromatic carbocycles. The van der Waals surface area contributed by atoms with Crippen LogP contribution < -0.4 is 0 Å². The zero-order valence-electron chi connectivity index (χ0n) is 9.38. The molecule has 0 radical (unpaired) electrons. The topological polar surface area (TPSA) is 98.5 Å². The van der Waals surface area contributed by atoms with Crippen LogP contribution in [0.1, 0.15) is 26.2 Å². The minimum Gasteiger partial charge on any atom is -0.481 e. The van der Waals surface area contributed by atoms with Gasteiger partial charge in [0.15, 0.2) is 0 Å². The van der Waals surface area contributed by atoms with Gasteiger partial charge in [-0.05, 0) is 13.3 Å². The van der Waals surface area contributed by atoms with Crippen LogP contribution in [-0.4, -0.2) is 42.6 Å². The van der Waals surface area contributed by atoms with E-state index in [0.717, 1.165) is 4.31 Å². The van der Waals surface area contributed by atoms with Crippen LogP contribution in [0.25, 0.3) is 0 Å². The summed E-state index contributed by atoms with van der Waals surface area (Å²) in [5.41, 5.74) is 0. The quantitative estimate of drug-likeness (QED) is 0.703. The molecule has 1 atom stereocenters. The van der Waals surface area contributed by atoms with E-state index in [4.69, 9.17) is 10.4 Å². The van der Waals surface area contributed by atoms with E-state index in [-0.39, 0.29) is 31.1 Å². The largest absolute Gasteiger partial charge is 0.481 e. The lowest BCUT2D eigenvalue weighted by Gasteiger charge is -2.22. The van der Waals surface area contributed by atoms with Crippen LogP contribution >= 0.6 is 0 Å². The van der Waals surface area contributed by atoms with Gasteiger partial charge in [-0.2, -0.15) is 5.26 Å². The fourth-order valence-electron chi connectivity index (χ4n) is 1.08. The molecule has 1 unspecified atom stereocenters. The molecule has 0 spiro atoms. The van der Waals surface area contributed by atoms with Crippen molar-refractivity contribution >= 4 is 16.0 Å². The van der Waals surface area contributed by atoms with Gasteiger partial charge >= 0.3 is 5.97 Å². The van der Waals surface area contributed by atoms with Crippen molar-refractivity contribution < 1.29 is 18.3 Å². The Bertz CT molecular complexity index is 371. The van der Waals surface area contributed by atoms with Gasteiger partial charge in [-0.15, -0.1) is 0 Å². The van der Waals surface area contributed by atoms with Gasteiger partial charge in [-0.3, -0.25) is 4.79 Å². The van der Waals surface area contributed by atoms with Gasteiger partial charge in [-0.1, -0.05) is 0 Å². The average molecular weight is 248 g/mol. The first-order valence-corrected chi connectivity index (χ1v) is 6.46. The van der Waals surface area contributed by atoms with E-state index in [9.17, 15) is 13.2 Å². The molecule has 7 heteroatoms. The van der Waals surface area contributed by atoms with Crippen LogP contribution in [0.15, 0.2) is 0 Å². The number of carboxylic acid groups (broad SMARTS) is 1. The van der Waals surface area contributed by atoms with E-state index in [1.54, 1.807) is 6.92 Å². The van der Waals surface area contributed by atoms with Gasteiger partial charge in [0.1, 0.15) is 0 Å². The van der Waals surface area contributed by atoms with Crippen molar-refractivity contribution in [1.82, 2.24) is 4.31 Å². The highest BCUT2D eigenvalue weighted by molar-refractivity contribution is 7.89. The van der Waals surface area contributed by atoms with Gasteiger partial charge < -0.3 is 5.11 Å². The van der Waals surface area contributed by atoms with Gasteiger partial charge in [0, 0.05) is 19.5 Å². The summed E-state index contributed by atoms with van der Waals surface area (Å²) in [5, 5.41) is 16.8. The van der Waals surface area contributed by atoms with Crippen molar-refractivity contribution in [3.8, 4) is 6.07 Å². The zero-order valence-corrected chi connectivity index (χ0v) is 10.2. The lowest BCUT2D eigenvalue weighted by Crippen LogP contribution is -2.36. The maximum atomic E-state index is 11.7. The molecule has 1 N–H and O–H groups in total. The maximum absolute atomic E-state index is 11.7. The van der Waals surface area contributed by atoms with E-state index in [2.05, 4.69) is 0 Å². The molecule has 0 fully saturated rings. The van der Waals surface area contributed by atoms with Gasteiger partial charge in [0.05, 0.1) is 18.2 Å². The van der Waals surface area contributed by atoms with Crippen molar-refractivity contribution in [3.63, 3.8) is 0 Å². The van der Waals surface area contributed by atoms with Crippen LogP contribution in [-0.2, 0) is 14.8 Å². The van der Waals surface area contributed by atoms with Crippen molar-refractivity contribution in [2.45, 2.75) is 32.2 Å². The monoisotopic (exact) mass is 248 g/mol. The Labute approximate surface area is 95.5 Å². The lowest BCUT2D eigenvalue weighted by atomic mass is 10.3. The summed E-state index contributed by atoms with van der Waals surface area (Å²) >= 11 is 0. The standard InChI is InChI=1S/C9H16N2O4S/c1-8(5-6-10)11(2)16(14,15)7-3-4-9(12)13/h8H,3-5,7H2,1-2H3,(H,12,13). The highest BCUT2D eigenvalue weighted by Crippen LogP contribution is 2.09. The minimum absolute atomic E-state index is 0.0846. The number of nitrogens with zero attached hydrogens (tertiary/aromatic N) is 2. The molecule has 92 valence electrons. The number of hydrogen-bond acceptors (Lipinski definition) is 4. The molecule has 0 amide bonds. The fourth-order valence-corrected chi connectivity index (χ4v) is 2.50. The second-order valence-electron chi connectivity index (χ2n) is 3.54. The Hall–Kier alpha value is -1.13. The number of rotatable bonds is 7. The molecule has 0 saturated carbocycles. The van der Waals surface area contributed by atoms with Crippen molar-refractivity contribution in [2.75, 3.05) is 12.8 Å². The van der Waals surface area contributed by atoms with E-state index in [0.29, 0.717) is 0 Å². The first kappa shape index (κ1) is 14.9. The molecular formula is C9H16N2O4S. The highest BCUT2D eigenvalue weighted by Gasteiger charge is 2.22. The first-order valence-electron chi connectivity index (χ1n) is 4.85. The van der Waals surface area contributed by atoms with Crippen LogP contribution in [0.3, 0.4) is 0 Å². The zero-order chi connectivity index (χ0) is 12.8. The lowest BCUT2D eigenvalue weighted by molar-refractivity contribution is -0.137. The van der Waals surface area contributed by atoms with Crippen molar-refractivity contribution in [2.24, 2.45) is 0 Å². The van der Waals surface area contributed by atoms with Gasteiger partial charge in [-0.25, -0.2) is 12.7 Å². The summed E-state index contributed by atoms with van der Waals surface area (Å²) in [6.45, 7) is 1.64. The summed E-state index contributed by atoms with van der Waals surface area (Å²) in [6, 6.07) is 1.51. The molecular weight excluding hydrogens is 232 g/mol. The molecule has 6 nitrogen and oxygen atoms in total. The number of aliphatic carboxylic acids is 1. The Morgan fingerprint density at radius 2 is 2.12 bits per heavy atom. The second-order valence-corrected chi connectivity index (χ2v) is 5.69. The maximum Gasteiger partial charge on any atom is 0.303 e. The third-order valence-corrected chi connectivity index (χ3v) is 4.28. The van der Waals surface area contributed by atoms with Crippen LogP contribution in [0.2, 0.25) is 0 Å². The predicted molar refractivity (Wildman–Crippen MR) is 58.1 cm³/mol. The Morgan fingerprint density at radius 3 is 2.56 bits per heavy atom.